The minimum Gasteiger partial charge on any atom is -0.379 e. The second-order valence-electron chi connectivity index (χ2n) is 9.02. The molecule has 1 aliphatic carbocycles. The molecule has 1 saturated heterocycles. The molecule has 1 saturated carbocycles. The van der Waals surface area contributed by atoms with Gasteiger partial charge in [-0.2, -0.15) is 17.7 Å². The van der Waals surface area contributed by atoms with E-state index in [4.69, 9.17) is 16.3 Å². The summed E-state index contributed by atoms with van der Waals surface area (Å²) in [5.74, 6) is 0.0204. The van der Waals surface area contributed by atoms with Crippen LogP contribution in [0.2, 0.25) is 5.02 Å². The molecule has 0 spiro atoms. The van der Waals surface area contributed by atoms with Crippen molar-refractivity contribution in [1.29, 1.82) is 0 Å². The van der Waals surface area contributed by atoms with E-state index < -0.39 is 0 Å². The van der Waals surface area contributed by atoms with Crippen LogP contribution in [0.15, 0.2) is 48.8 Å². The Morgan fingerprint density at radius 3 is 2.12 bits per heavy atom. The van der Waals surface area contributed by atoms with Crippen molar-refractivity contribution in [1.82, 2.24) is 19.2 Å². The Morgan fingerprint density at radius 2 is 1.65 bits per heavy atom. The number of benzene rings is 1. The molecule has 2 aromatic rings. The first kappa shape index (κ1) is 43.7. The zero-order valence-corrected chi connectivity index (χ0v) is 29.5. The number of thiol groups is 1. The zero-order valence-electron chi connectivity index (χ0n) is 27.1. The van der Waals surface area contributed by atoms with Crippen molar-refractivity contribution in [3.8, 4) is 11.3 Å². The van der Waals surface area contributed by atoms with Gasteiger partial charge in [0.05, 0.1) is 36.9 Å². The number of hydrogen-bond donors (Lipinski definition) is 3. The standard InChI is InChI=1S/C19H24ClFN4OS.C6H9F.C3H8.C2H6.CH3F.CH4S/c20-17-18(13-1-5-15(21)6-2-13)22-23-19(17)14-3-7-16(8-4-14)24-27-25-9-11-26-12-10-25;1-3-5-6(7)4-2;1-3-2;3*1-2/h1-2,5-6,14,16,24H,3-4,7-12H2,(H,22,23);3,5H,1,4H2,2H3;3H2,1-2H3;1-2H3;1H3;2H,1H3/b;6-5+;;;;. The maximum atomic E-state index is 13.1. The first-order valence-electron chi connectivity index (χ1n) is 15.0. The molecule has 2 N–H and O–H groups in total. The van der Waals surface area contributed by atoms with Crippen LogP contribution in [0.5, 0.6) is 0 Å². The smallest absolute Gasteiger partial charge is 0.123 e. The molecular formula is C32H54ClF3N4OS2. The van der Waals surface area contributed by atoms with Gasteiger partial charge in [-0.15, -0.1) is 0 Å². The monoisotopic (exact) mass is 666 g/mol. The highest BCUT2D eigenvalue weighted by atomic mass is 35.5. The predicted molar refractivity (Wildman–Crippen MR) is 186 cm³/mol. The van der Waals surface area contributed by atoms with Gasteiger partial charge in [0.1, 0.15) is 11.5 Å². The molecule has 0 unspecified atom stereocenters. The van der Waals surface area contributed by atoms with Crippen molar-refractivity contribution < 1.29 is 17.9 Å². The summed E-state index contributed by atoms with van der Waals surface area (Å²) in [5, 5.41) is 8.19. The van der Waals surface area contributed by atoms with Crippen LogP contribution in [0.1, 0.15) is 84.8 Å². The Kier molecular flexibility index (Phi) is 29.8. The van der Waals surface area contributed by atoms with E-state index in [1.807, 2.05) is 13.8 Å². The number of allylic oxidation sites excluding steroid dienone is 3. The van der Waals surface area contributed by atoms with E-state index in [0.717, 1.165) is 63.2 Å². The summed E-state index contributed by atoms with van der Waals surface area (Å²) in [6.07, 6.45) is 10.6. The number of hydrogen-bond acceptors (Lipinski definition) is 6. The van der Waals surface area contributed by atoms with E-state index in [-0.39, 0.29) is 11.6 Å². The average molecular weight is 667 g/mol. The summed E-state index contributed by atoms with van der Waals surface area (Å²) in [6, 6.07) is 6.81. The topological polar surface area (TPSA) is 53.2 Å². The third-order valence-corrected chi connectivity index (χ3v) is 7.39. The van der Waals surface area contributed by atoms with Crippen LogP contribution in [0, 0.1) is 5.82 Å². The Labute approximate surface area is 274 Å². The number of alkyl halides is 1. The molecule has 2 fully saturated rings. The normalized spacial score (nSPS) is 17.9. The molecule has 2 heterocycles. The van der Waals surface area contributed by atoms with Gasteiger partial charge < -0.3 is 4.74 Å². The van der Waals surface area contributed by atoms with Gasteiger partial charge in [0.2, 0.25) is 0 Å². The van der Waals surface area contributed by atoms with Crippen molar-refractivity contribution in [3.05, 3.63) is 65.4 Å². The average Bonchev–Trinajstić information content (AvgIpc) is 3.45. The quantitative estimate of drug-likeness (QED) is 0.156. The molecule has 0 radical (unpaired) electrons. The number of rotatable bonds is 7. The molecule has 1 aromatic heterocycles. The number of aromatic amines is 1. The van der Waals surface area contributed by atoms with Crippen LogP contribution in [0.25, 0.3) is 11.3 Å². The van der Waals surface area contributed by atoms with E-state index in [9.17, 15) is 13.2 Å². The fraction of sp³-hybridized carbons (Fsp3) is 0.594. The predicted octanol–water partition coefficient (Wildman–Crippen LogP) is 10.4. The Balaban J connectivity index is 0. The van der Waals surface area contributed by atoms with Crippen LogP contribution in [-0.2, 0) is 4.74 Å². The van der Waals surface area contributed by atoms with E-state index in [0.29, 0.717) is 36.3 Å². The van der Waals surface area contributed by atoms with Crippen LogP contribution in [0.3, 0.4) is 0 Å². The summed E-state index contributed by atoms with van der Waals surface area (Å²) in [6.45, 7) is 16.9. The molecule has 43 heavy (non-hydrogen) atoms. The van der Waals surface area contributed by atoms with E-state index in [1.165, 1.54) is 30.7 Å². The fourth-order valence-electron chi connectivity index (χ4n) is 3.94. The molecular weight excluding hydrogens is 613 g/mol. The SMILES string of the molecule is C=C/C=C(/F)CC.CC.CCC.CF.CS.Fc1ccc(-c2n[nH]c(C3CCC(NSN4CCOCC4)CC3)c2Cl)cc1. The molecule has 0 atom stereocenters. The zero-order chi connectivity index (χ0) is 33.0. The molecule has 1 aliphatic heterocycles. The van der Waals surface area contributed by atoms with Crippen LogP contribution in [0.4, 0.5) is 13.2 Å². The lowest BCUT2D eigenvalue weighted by atomic mass is 9.84. The van der Waals surface area contributed by atoms with E-state index in [1.54, 1.807) is 37.4 Å². The first-order chi connectivity index (χ1) is 20.9. The van der Waals surface area contributed by atoms with E-state index in [2.05, 4.69) is 52.3 Å². The minimum atomic E-state index is -0.258. The highest BCUT2D eigenvalue weighted by Gasteiger charge is 2.27. The van der Waals surface area contributed by atoms with Crippen LogP contribution >= 0.6 is 36.4 Å². The first-order valence-corrected chi connectivity index (χ1v) is 17.0. The Morgan fingerprint density at radius 1 is 1.12 bits per heavy atom. The third-order valence-electron chi connectivity index (χ3n) is 5.94. The van der Waals surface area contributed by atoms with Crippen molar-refractivity contribution in [3.63, 3.8) is 0 Å². The summed E-state index contributed by atoms with van der Waals surface area (Å²) in [5.41, 5.74) is 2.55. The number of H-pyrrole nitrogens is 1. The van der Waals surface area contributed by atoms with Gasteiger partial charge in [-0.3, -0.25) is 9.49 Å². The lowest BCUT2D eigenvalue weighted by molar-refractivity contribution is 0.0768. The second-order valence-corrected chi connectivity index (χ2v) is 10.3. The van der Waals surface area contributed by atoms with Crippen molar-refractivity contribution in [2.75, 3.05) is 39.7 Å². The number of nitrogens with zero attached hydrogens (tertiary/aromatic N) is 2. The van der Waals surface area contributed by atoms with Crippen LogP contribution in [-0.4, -0.2) is 60.3 Å². The number of nitrogens with one attached hydrogen (secondary N) is 2. The van der Waals surface area contributed by atoms with Gasteiger partial charge in [-0.05, 0) is 68.7 Å². The summed E-state index contributed by atoms with van der Waals surface area (Å²) in [4.78, 5) is 0. The highest BCUT2D eigenvalue weighted by Crippen LogP contribution is 2.39. The molecule has 2 aliphatic rings. The van der Waals surface area contributed by atoms with Crippen molar-refractivity contribution in [2.24, 2.45) is 0 Å². The molecule has 0 bridgehead atoms. The van der Waals surface area contributed by atoms with Crippen molar-refractivity contribution in [2.45, 2.75) is 85.1 Å². The van der Waals surface area contributed by atoms with Crippen LogP contribution < -0.4 is 4.72 Å². The number of halogens is 4. The fourth-order valence-corrected chi connectivity index (χ4v) is 5.16. The number of morpholine rings is 1. The maximum absolute atomic E-state index is 13.1. The van der Waals surface area contributed by atoms with Gasteiger partial charge in [-0.1, -0.05) is 65.3 Å². The molecule has 4 rings (SSSR count). The van der Waals surface area contributed by atoms with Gasteiger partial charge in [0.25, 0.3) is 0 Å². The minimum absolute atomic E-state index is 0.116. The molecule has 11 heteroatoms. The second kappa shape index (κ2) is 29.3. The molecule has 248 valence electrons. The Hall–Kier alpha value is -1.43. The highest BCUT2D eigenvalue weighted by molar-refractivity contribution is 7.95. The third kappa shape index (κ3) is 18.2. The molecule has 1 aromatic carbocycles. The lowest BCUT2D eigenvalue weighted by Crippen LogP contribution is -2.37. The lowest BCUT2D eigenvalue weighted by Gasteiger charge is -2.31. The van der Waals surface area contributed by atoms with Gasteiger partial charge in [-0.25, -0.2) is 17.8 Å². The number of ether oxygens (including phenoxy) is 1. The molecule has 0 amide bonds. The summed E-state index contributed by atoms with van der Waals surface area (Å²) in [7, 11) is 0.500. The number of aromatic nitrogens is 2. The Bertz CT molecular complexity index is 951. The summed E-state index contributed by atoms with van der Waals surface area (Å²) < 4.78 is 45.9. The van der Waals surface area contributed by atoms with Gasteiger partial charge in [0, 0.05) is 42.7 Å². The summed E-state index contributed by atoms with van der Waals surface area (Å²) >= 11 is 11.9. The van der Waals surface area contributed by atoms with E-state index >= 15 is 0 Å². The van der Waals surface area contributed by atoms with Gasteiger partial charge in [0.15, 0.2) is 0 Å². The van der Waals surface area contributed by atoms with Crippen molar-refractivity contribution >= 4 is 36.4 Å². The maximum Gasteiger partial charge on any atom is 0.123 e. The molecule has 5 nitrogen and oxygen atoms in total. The van der Waals surface area contributed by atoms with Gasteiger partial charge >= 0.3 is 0 Å². The largest absolute Gasteiger partial charge is 0.379 e.